The minimum Gasteiger partial charge on any atom is -0.490 e. The molecule has 0 amide bonds. The summed E-state index contributed by atoms with van der Waals surface area (Å²) < 4.78 is 23.0. The van der Waals surface area contributed by atoms with Crippen molar-refractivity contribution in [3.8, 4) is 11.5 Å². The molecule has 0 radical (unpaired) electrons. The van der Waals surface area contributed by atoms with E-state index in [0.717, 1.165) is 31.1 Å². The van der Waals surface area contributed by atoms with Crippen molar-refractivity contribution in [3.63, 3.8) is 0 Å². The second-order valence-corrected chi connectivity index (χ2v) is 6.97. The zero-order chi connectivity index (χ0) is 15.1. The van der Waals surface area contributed by atoms with Crippen LogP contribution < -0.4 is 9.47 Å². The maximum atomic E-state index is 5.93. The van der Waals surface area contributed by atoms with Crippen molar-refractivity contribution in [1.82, 2.24) is 0 Å². The molecule has 4 aliphatic heterocycles. The van der Waals surface area contributed by atoms with Gasteiger partial charge >= 0.3 is 0 Å². The molecule has 2 aromatic carbocycles. The Morgan fingerprint density at radius 1 is 0.696 bits per heavy atom. The van der Waals surface area contributed by atoms with Crippen LogP contribution >= 0.6 is 0 Å². The van der Waals surface area contributed by atoms with Crippen molar-refractivity contribution in [2.45, 2.75) is 17.6 Å². The lowest BCUT2D eigenvalue weighted by Gasteiger charge is -2.25. The average molecular weight is 308 g/mol. The maximum Gasteiger partial charge on any atom is 0.150 e. The maximum absolute atomic E-state index is 5.93. The largest absolute Gasteiger partial charge is 0.490 e. The summed E-state index contributed by atoms with van der Waals surface area (Å²) in [6.45, 7) is 2.80. The zero-order valence-electron chi connectivity index (χ0n) is 12.6. The monoisotopic (exact) mass is 308 g/mol. The second kappa shape index (κ2) is 3.89. The van der Waals surface area contributed by atoms with E-state index in [1.807, 2.05) is 0 Å². The molecule has 4 heterocycles. The Balaban J connectivity index is 1.35. The van der Waals surface area contributed by atoms with E-state index >= 15 is 0 Å². The summed E-state index contributed by atoms with van der Waals surface area (Å²) in [5.41, 5.74) is 4.56. The Hall–Kier alpha value is -2.04. The number of epoxide rings is 2. The van der Waals surface area contributed by atoms with Crippen LogP contribution in [-0.2, 0) is 27.1 Å². The minimum absolute atomic E-state index is 0.152. The lowest BCUT2D eigenvalue weighted by Crippen LogP contribution is -2.25. The predicted molar refractivity (Wildman–Crippen MR) is 81.9 cm³/mol. The normalized spacial score (nSPS) is 31.7. The van der Waals surface area contributed by atoms with Gasteiger partial charge in [0.1, 0.15) is 24.7 Å². The first kappa shape index (κ1) is 12.4. The fourth-order valence-electron chi connectivity index (χ4n) is 3.67. The number of ether oxygens (including phenoxy) is 4. The molecule has 0 saturated carbocycles. The highest BCUT2D eigenvalue weighted by molar-refractivity contribution is 5.50. The molecule has 116 valence electrons. The third-order valence-electron chi connectivity index (χ3n) is 5.47. The molecule has 2 fully saturated rings. The summed E-state index contributed by atoms with van der Waals surface area (Å²) in [6.07, 6.45) is 0.812. The lowest BCUT2D eigenvalue weighted by molar-refractivity contribution is 0.175. The molecule has 2 atom stereocenters. The van der Waals surface area contributed by atoms with Crippen LogP contribution in [0.1, 0.15) is 22.3 Å². The van der Waals surface area contributed by atoms with E-state index in [2.05, 4.69) is 36.4 Å². The fourth-order valence-corrected chi connectivity index (χ4v) is 3.67. The first-order chi connectivity index (χ1) is 11.3. The van der Waals surface area contributed by atoms with Crippen LogP contribution in [0.4, 0.5) is 0 Å². The molecule has 2 spiro atoms. The molecular formula is C19H16O4. The van der Waals surface area contributed by atoms with E-state index in [0.29, 0.717) is 13.2 Å². The number of hydrogen-bond acceptors (Lipinski definition) is 4. The van der Waals surface area contributed by atoms with Crippen LogP contribution in [0.25, 0.3) is 0 Å². The van der Waals surface area contributed by atoms with E-state index < -0.39 is 0 Å². The van der Waals surface area contributed by atoms with Crippen molar-refractivity contribution in [1.29, 1.82) is 0 Å². The van der Waals surface area contributed by atoms with Gasteiger partial charge in [-0.05, 0) is 34.4 Å². The lowest BCUT2D eigenvalue weighted by atomic mass is 9.92. The molecule has 6 rings (SSSR count). The van der Waals surface area contributed by atoms with Crippen LogP contribution in [-0.4, -0.2) is 26.4 Å². The molecule has 23 heavy (non-hydrogen) atoms. The van der Waals surface area contributed by atoms with E-state index in [-0.39, 0.29) is 11.2 Å². The summed E-state index contributed by atoms with van der Waals surface area (Å²) in [5.74, 6) is 1.94. The number of rotatable bonds is 2. The zero-order valence-corrected chi connectivity index (χ0v) is 12.6. The topological polar surface area (TPSA) is 43.5 Å². The van der Waals surface area contributed by atoms with Gasteiger partial charge < -0.3 is 18.9 Å². The van der Waals surface area contributed by atoms with E-state index in [4.69, 9.17) is 18.9 Å². The SMILES string of the molecule is c1cc(Cc2ccc3cc2OCC32CO2)c2cc1C1(CO2)CO1. The van der Waals surface area contributed by atoms with Crippen LogP contribution in [0.2, 0.25) is 0 Å². The van der Waals surface area contributed by atoms with Gasteiger partial charge in [0.15, 0.2) is 11.2 Å². The number of benzene rings is 2. The molecular weight excluding hydrogens is 292 g/mol. The minimum atomic E-state index is -0.152. The summed E-state index contributed by atoms with van der Waals surface area (Å²) >= 11 is 0. The predicted octanol–water partition coefficient (Wildman–Crippen LogP) is 2.51. The van der Waals surface area contributed by atoms with Gasteiger partial charge in [-0.3, -0.25) is 0 Å². The van der Waals surface area contributed by atoms with Gasteiger partial charge in [-0.2, -0.15) is 0 Å². The fraction of sp³-hybridized carbons (Fsp3) is 0.368. The summed E-state index contributed by atoms with van der Waals surface area (Å²) in [7, 11) is 0. The van der Waals surface area contributed by atoms with Crippen LogP contribution in [0.5, 0.6) is 11.5 Å². The Morgan fingerprint density at radius 2 is 1.17 bits per heavy atom. The molecule has 4 aliphatic rings. The van der Waals surface area contributed by atoms with Crippen molar-refractivity contribution in [2.75, 3.05) is 26.4 Å². The molecule has 2 unspecified atom stereocenters. The summed E-state index contributed by atoms with van der Waals surface area (Å²) in [4.78, 5) is 0. The van der Waals surface area contributed by atoms with Gasteiger partial charge in [0.2, 0.25) is 0 Å². The Labute approximate surface area is 133 Å². The molecule has 0 aromatic heterocycles. The molecule has 4 nitrogen and oxygen atoms in total. The summed E-state index contributed by atoms with van der Waals surface area (Å²) in [6, 6.07) is 12.9. The van der Waals surface area contributed by atoms with Gasteiger partial charge in [-0.1, -0.05) is 24.3 Å². The van der Waals surface area contributed by atoms with Crippen molar-refractivity contribution in [3.05, 3.63) is 58.7 Å². The second-order valence-electron chi connectivity index (χ2n) is 6.97. The van der Waals surface area contributed by atoms with Gasteiger partial charge in [0, 0.05) is 6.42 Å². The molecule has 2 saturated heterocycles. The van der Waals surface area contributed by atoms with E-state index in [1.54, 1.807) is 0 Å². The number of fused-ring (bicyclic) bond motifs is 6. The Bertz CT molecular complexity index is 764. The molecule has 0 aliphatic carbocycles. The van der Waals surface area contributed by atoms with Crippen molar-refractivity contribution in [2.24, 2.45) is 0 Å². The van der Waals surface area contributed by atoms with Crippen LogP contribution in [0.3, 0.4) is 0 Å². The third kappa shape index (κ3) is 1.68. The van der Waals surface area contributed by atoms with Gasteiger partial charge in [-0.25, -0.2) is 0 Å². The Kier molecular flexibility index (Phi) is 2.09. The third-order valence-corrected chi connectivity index (χ3v) is 5.47. The van der Waals surface area contributed by atoms with Gasteiger partial charge in [0.05, 0.1) is 13.2 Å². The van der Waals surface area contributed by atoms with Crippen LogP contribution in [0, 0.1) is 0 Å². The van der Waals surface area contributed by atoms with Crippen LogP contribution in [0.15, 0.2) is 36.4 Å². The Morgan fingerprint density at radius 3 is 1.61 bits per heavy atom. The summed E-state index contributed by atoms with van der Waals surface area (Å²) in [5, 5.41) is 0. The van der Waals surface area contributed by atoms with E-state index in [1.165, 1.54) is 22.3 Å². The van der Waals surface area contributed by atoms with Crippen molar-refractivity contribution < 1.29 is 18.9 Å². The van der Waals surface area contributed by atoms with Gasteiger partial charge in [0.25, 0.3) is 0 Å². The molecule has 4 heteroatoms. The van der Waals surface area contributed by atoms with Gasteiger partial charge in [-0.15, -0.1) is 0 Å². The average Bonchev–Trinajstić information content (AvgIpc) is 3.49. The molecule has 4 bridgehead atoms. The first-order valence-electron chi connectivity index (χ1n) is 8.07. The highest BCUT2D eigenvalue weighted by Gasteiger charge is 2.50. The quantitative estimate of drug-likeness (QED) is 0.800. The first-order valence-corrected chi connectivity index (χ1v) is 8.07. The standard InChI is InChI=1S/C19H16O4/c1-3-14-6-16(20-8-18(14)10-22-18)12(1)5-13-2-4-15-7-17(13)21-9-19(15)11-23-19/h1-4,6-7H,5,8-11H2. The number of hydrogen-bond donors (Lipinski definition) is 0. The molecule has 0 N–H and O–H groups in total. The van der Waals surface area contributed by atoms with E-state index in [9.17, 15) is 0 Å². The highest BCUT2D eigenvalue weighted by Crippen LogP contribution is 2.47. The van der Waals surface area contributed by atoms with Crippen molar-refractivity contribution >= 4 is 0 Å². The highest BCUT2D eigenvalue weighted by atomic mass is 16.6. The molecule has 2 aromatic rings. The smallest absolute Gasteiger partial charge is 0.150 e.